The van der Waals surface area contributed by atoms with Gasteiger partial charge in [-0.1, -0.05) is 41.6 Å². The minimum Gasteiger partial charge on any atom is -0.486 e. The van der Waals surface area contributed by atoms with E-state index in [-0.39, 0.29) is 12.5 Å². The second kappa shape index (κ2) is 9.04. The van der Waals surface area contributed by atoms with E-state index in [0.29, 0.717) is 52.1 Å². The Morgan fingerprint density at radius 1 is 1.03 bits per heavy atom. The van der Waals surface area contributed by atoms with Crippen molar-refractivity contribution < 1.29 is 14.3 Å². The summed E-state index contributed by atoms with van der Waals surface area (Å²) in [6.45, 7) is 2.71. The van der Waals surface area contributed by atoms with E-state index in [4.69, 9.17) is 14.5 Å². The van der Waals surface area contributed by atoms with E-state index in [9.17, 15) is 9.59 Å². The molecule has 0 fully saturated rings. The van der Waals surface area contributed by atoms with Gasteiger partial charge in [0, 0.05) is 16.6 Å². The standard InChI is InChI=1S/C26H21N5O4S/c1-16-5-4-6-18(13-16)36-25-24-29-30(26(33)31(24)20-8-3-2-7-19(20)28-25)15-23(32)27-17-9-10-21-22(14-17)35-12-11-34-21/h2-10,13-14H,11-12,15H2,1H3,(H,27,32). The molecule has 36 heavy (non-hydrogen) atoms. The number of fused-ring (bicyclic) bond motifs is 4. The fraction of sp³-hybridized carbons (Fsp3) is 0.154. The summed E-state index contributed by atoms with van der Waals surface area (Å²) in [6.07, 6.45) is 0. The summed E-state index contributed by atoms with van der Waals surface area (Å²) >= 11 is 1.43. The zero-order valence-electron chi connectivity index (χ0n) is 19.3. The number of anilines is 1. The lowest BCUT2D eigenvalue weighted by atomic mass is 10.2. The molecule has 180 valence electrons. The third-order valence-electron chi connectivity index (χ3n) is 5.70. The quantitative estimate of drug-likeness (QED) is 0.391. The predicted molar refractivity (Wildman–Crippen MR) is 136 cm³/mol. The van der Waals surface area contributed by atoms with Crippen LogP contribution in [0.5, 0.6) is 11.5 Å². The van der Waals surface area contributed by atoms with Crippen LogP contribution in [0.25, 0.3) is 16.7 Å². The van der Waals surface area contributed by atoms with Crippen molar-refractivity contribution in [3.8, 4) is 11.5 Å². The zero-order chi connectivity index (χ0) is 24.6. The summed E-state index contributed by atoms with van der Waals surface area (Å²) in [7, 11) is 0. The molecule has 1 aliphatic heterocycles. The highest BCUT2D eigenvalue weighted by molar-refractivity contribution is 7.99. The molecule has 0 aliphatic carbocycles. The highest BCUT2D eigenvalue weighted by Crippen LogP contribution is 2.33. The van der Waals surface area contributed by atoms with Crippen LogP contribution in [0.4, 0.5) is 5.69 Å². The van der Waals surface area contributed by atoms with Gasteiger partial charge in [0.15, 0.2) is 17.1 Å². The molecular formula is C26H21N5O4S. The molecular weight excluding hydrogens is 478 g/mol. The second-order valence-electron chi connectivity index (χ2n) is 8.33. The lowest BCUT2D eigenvalue weighted by Crippen LogP contribution is -2.28. The Labute approximate surface area is 209 Å². The molecule has 0 saturated heterocycles. The van der Waals surface area contributed by atoms with Gasteiger partial charge >= 0.3 is 5.69 Å². The molecule has 0 radical (unpaired) electrons. The van der Waals surface area contributed by atoms with Crippen molar-refractivity contribution in [1.29, 1.82) is 0 Å². The monoisotopic (exact) mass is 499 g/mol. The van der Waals surface area contributed by atoms with Gasteiger partial charge < -0.3 is 14.8 Å². The van der Waals surface area contributed by atoms with Crippen LogP contribution in [0.3, 0.4) is 0 Å². The molecule has 10 heteroatoms. The number of benzene rings is 3. The van der Waals surface area contributed by atoms with Crippen molar-refractivity contribution in [2.75, 3.05) is 18.5 Å². The van der Waals surface area contributed by atoms with E-state index in [1.165, 1.54) is 16.2 Å². The first-order valence-corrected chi connectivity index (χ1v) is 12.2. The summed E-state index contributed by atoms with van der Waals surface area (Å²) in [5, 5.41) is 7.90. The highest BCUT2D eigenvalue weighted by Gasteiger charge is 2.19. The molecule has 5 aromatic rings. The first-order chi connectivity index (χ1) is 17.5. The van der Waals surface area contributed by atoms with Crippen molar-refractivity contribution in [2.45, 2.75) is 23.4 Å². The summed E-state index contributed by atoms with van der Waals surface area (Å²) in [4.78, 5) is 32.0. The fourth-order valence-corrected chi connectivity index (χ4v) is 5.07. The third kappa shape index (κ3) is 4.16. The molecule has 1 amide bonds. The fourth-order valence-electron chi connectivity index (χ4n) is 4.09. The van der Waals surface area contributed by atoms with Gasteiger partial charge in [-0.05, 0) is 43.3 Å². The van der Waals surface area contributed by atoms with Crippen molar-refractivity contribution >= 4 is 40.0 Å². The van der Waals surface area contributed by atoms with Gasteiger partial charge in [0.1, 0.15) is 24.8 Å². The number of hydrogen-bond donors (Lipinski definition) is 1. The van der Waals surface area contributed by atoms with Crippen LogP contribution >= 0.6 is 11.8 Å². The zero-order valence-corrected chi connectivity index (χ0v) is 20.1. The third-order valence-corrected chi connectivity index (χ3v) is 6.66. The number of amides is 1. The predicted octanol–water partition coefficient (Wildman–Crippen LogP) is 3.91. The Morgan fingerprint density at radius 3 is 2.72 bits per heavy atom. The average molecular weight is 500 g/mol. The van der Waals surface area contributed by atoms with Crippen LogP contribution in [0.1, 0.15) is 5.56 Å². The molecule has 3 aromatic carbocycles. The molecule has 6 rings (SSSR count). The first-order valence-electron chi connectivity index (χ1n) is 11.4. The number of carbonyl (C=O) groups is 1. The summed E-state index contributed by atoms with van der Waals surface area (Å²) < 4.78 is 13.8. The van der Waals surface area contributed by atoms with Crippen molar-refractivity contribution in [3.63, 3.8) is 0 Å². The van der Waals surface area contributed by atoms with Crippen molar-refractivity contribution in [2.24, 2.45) is 0 Å². The number of nitrogens with zero attached hydrogens (tertiary/aromatic N) is 4. The lowest BCUT2D eigenvalue weighted by Gasteiger charge is -2.18. The van der Waals surface area contributed by atoms with Crippen LogP contribution in [-0.4, -0.2) is 38.3 Å². The van der Waals surface area contributed by atoms with Gasteiger partial charge in [0.05, 0.1) is 11.0 Å². The van der Waals surface area contributed by atoms with E-state index in [2.05, 4.69) is 10.4 Å². The molecule has 9 nitrogen and oxygen atoms in total. The molecule has 3 heterocycles. The van der Waals surface area contributed by atoms with E-state index in [1.54, 1.807) is 18.2 Å². The van der Waals surface area contributed by atoms with Gasteiger partial charge in [0.2, 0.25) is 5.91 Å². The topological polar surface area (TPSA) is 99.8 Å². The van der Waals surface area contributed by atoms with E-state index in [0.717, 1.165) is 15.1 Å². The molecule has 0 saturated carbocycles. The Bertz CT molecular complexity index is 1690. The van der Waals surface area contributed by atoms with E-state index in [1.807, 2.05) is 55.5 Å². The van der Waals surface area contributed by atoms with Crippen LogP contribution < -0.4 is 20.5 Å². The van der Waals surface area contributed by atoms with Crippen molar-refractivity contribution in [1.82, 2.24) is 19.2 Å². The Morgan fingerprint density at radius 2 is 1.86 bits per heavy atom. The summed E-state index contributed by atoms with van der Waals surface area (Å²) in [6, 6.07) is 20.6. The Hall–Kier alpha value is -4.31. The molecule has 0 unspecified atom stereocenters. The van der Waals surface area contributed by atoms with Gasteiger partial charge in [-0.2, -0.15) is 0 Å². The Kier molecular flexibility index (Phi) is 5.57. The Balaban J connectivity index is 1.35. The number of hydrogen-bond acceptors (Lipinski definition) is 7. The molecule has 0 bridgehead atoms. The molecule has 2 aromatic heterocycles. The molecule has 1 aliphatic rings. The van der Waals surface area contributed by atoms with Gasteiger partial charge in [-0.3, -0.25) is 4.79 Å². The number of ether oxygens (including phenoxy) is 2. The van der Waals surface area contributed by atoms with Crippen molar-refractivity contribution in [3.05, 3.63) is 82.8 Å². The van der Waals surface area contributed by atoms with Gasteiger partial charge in [-0.15, -0.1) is 5.10 Å². The molecule has 0 spiro atoms. The number of carbonyl (C=O) groups excluding carboxylic acids is 1. The second-order valence-corrected chi connectivity index (χ2v) is 9.39. The minimum absolute atomic E-state index is 0.252. The number of para-hydroxylation sites is 2. The number of rotatable bonds is 5. The smallest absolute Gasteiger partial charge is 0.351 e. The number of nitrogens with one attached hydrogen (secondary N) is 1. The summed E-state index contributed by atoms with van der Waals surface area (Å²) in [5.41, 5.74) is 2.95. The molecule has 0 atom stereocenters. The van der Waals surface area contributed by atoms with Crippen LogP contribution in [0, 0.1) is 6.92 Å². The number of aromatic nitrogens is 4. The van der Waals surface area contributed by atoms with Gasteiger partial charge in [0.25, 0.3) is 0 Å². The average Bonchev–Trinajstić information content (AvgIpc) is 3.20. The first kappa shape index (κ1) is 22.2. The van der Waals surface area contributed by atoms with Crippen LogP contribution in [0.15, 0.2) is 81.4 Å². The maximum absolute atomic E-state index is 13.4. The van der Waals surface area contributed by atoms with Crippen LogP contribution in [0.2, 0.25) is 0 Å². The van der Waals surface area contributed by atoms with Gasteiger partial charge in [-0.25, -0.2) is 18.9 Å². The number of aryl methyl sites for hydroxylation is 1. The highest BCUT2D eigenvalue weighted by atomic mass is 32.2. The minimum atomic E-state index is -0.410. The van der Waals surface area contributed by atoms with Crippen LogP contribution in [-0.2, 0) is 11.3 Å². The lowest BCUT2D eigenvalue weighted by molar-refractivity contribution is -0.117. The maximum atomic E-state index is 13.4. The van der Waals surface area contributed by atoms with E-state index < -0.39 is 5.69 Å². The largest absolute Gasteiger partial charge is 0.486 e. The summed E-state index contributed by atoms with van der Waals surface area (Å²) in [5.74, 6) is 0.815. The normalized spacial score (nSPS) is 12.7. The molecule has 1 N–H and O–H groups in total. The maximum Gasteiger partial charge on any atom is 0.351 e. The van der Waals surface area contributed by atoms with E-state index >= 15 is 0 Å². The SMILES string of the molecule is Cc1cccc(Sc2nc3ccccc3n3c(=O)n(CC(=O)Nc4ccc5c(c4)OCCO5)nc23)c1.